The lowest BCUT2D eigenvalue weighted by atomic mass is 9.96. The van der Waals surface area contributed by atoms with Crippen LogP contribution < -0.4 is 10.9 Å². The van der Waals surface area contributed by atoms with E-state index in [-0.39, 0.29) is 29.8 Å². The molecule has 0 aliphatic carbocycles. The molecule has 0 unspecified atom stereocenters. The van der Waals surface area contributed by atoms with Crippen LogP contribution in [0.2, 0.25) is 5.02 Å². The second-order valence-electron chi connectivity index (χ2n) is 7.57. The number of para-hydroxylation sites is 1. The van der Waals surface area contributed by atoms with E-state index in [1.807, 2.05) is 6.07 Å². The van der Waals surface area contributed by atoms with Crippen molar-refractivity contribution in [1.82, 2.24) is 19.4 Å². The quantitative estimate of drug-likeness (QED) is 0.674. The smallest absolute Gasteiger partial charge is 0.261 e. The minimum Gasteiger partial charge on any atom is -0.341 e. The number of likely N-dealkylation sites (tertiary alicyclic amines) is 1. The first-order valence-electron chi connectivity index (χ1n) is 10.1. The van der Waals surface area contributed by atoms with E-state index in [0.717, 1.165) is 0 Å². The zero-order chi connectivity index (χ0) is 22.0. The molecule has 8 nitrogen and oxygen atoms in total. The van der Waals surface area contributed by atoms with Gasteiger partial charge in [0, 0.05) is 25.2 Å². The molecule has 1 aliphatic rings. The number of fused-ring (bicyclic) bond motifs is 1. The standard InChI is InChI=1S/C22H22ClN5O3/c1-14-25-18-5-3-2-4-17(18)22(31)28(14)13-20(29)27-10-8-15(9-11-27)21(30)26-19-7-6-16(23)12-24-19/h2-7,12,15H,8-11,13H2,1H3,(H,24,26,30). The van der Waals surface area contributed by atoms with Crippen molar-refractivity contribution in [2.45, 2.75) is 26.3 Å². The van der Waals surface area contributed by atoms with Crippen molar-refractivity contribution in [1.29, 1.82) is 0 Å². The zero-order valence-electron chi connectivity index (χ0n) is 17.0. The highest BCUT2D eigenvalue weighted by Crippen LogP contribution is 2.20. The normalized spacial score (nSPS) is 14.6. The number of aryl methyl sites for hydroxylation is 1. The number of rotatable bonds is 4. The van der Waals surface area contributed by atoms with E-state index in [9.17, 15) is 14.4 Å². The van der Waals surface area contributed by atoms with E-state index in [0.29, 0.717) is 53.5 Å². The number of piperidine rings is 1. The van der Waals surface area contributed by atoms with Crippen LogP contribution in [0.25, 0.3) is 10.9 Å². The van der Waals surface area contributed by atoms with Crippen molar-refractivity contribution in [2.24, 2.45) is 5.92 Å². The van der Waals surface area contributed by atoms with Crippen molar-refractivity contribution in [3.8, 4) is 0 Å². The van der Waals surface area contributed by atoms with Gasteiger partial charge in [0.05, 0.1) is 15.9 Å². The summed E-state index contributed by atoms with van der Waals surface area (Å²) in [6, 6.07) is 10.4. The SMILES string of the molecule is Cc1nc2ccccc2c(=O)n1CC(=O)N1CCC(C(=O)Nc2ccc(Cl)cn2)CC1. The summed E-state index contributed by atoms with van der Waals surface area (Å²) in [5.41, 5.74) is 0.400. The summed E-state index contributed by atoms with van der Waals surface area (Å²) in [5, 5.41) is 3.78. The van der Waals surface area contributed by atoms with Crippen molar-refractivity contribution in [2.75, 3.05) is 18.4 Å². The third-order valence-electron chi connectivity index (χ3n) is 5.54. The fraction of sp³-hybridized carbons (Fsp3) is 0.318. The molecule has 160 valence electrons. The Labute approximate surface area is 183 Å². The highest BCUT2D eigenvalue weighted by molar-refractivity contribution is 6.30. The molecule has 3 heterocycles. The summed E-state index contributed by atoms with van der Waals surface area (Å²) in [5.74, 6) is 0.481. The minimum absolute atomic E-state index is 0.0614. The molecule has 31 heavy (non-hydrogen) atoms. The van der Waals surface area contributed by atoms with Crippen LogP contribution in [0.3, 0.4) is 0 Å². The summed E-state index contributed by atoms with van der Waals surface area (Å²) < 4.78 is 1.41. The predicted molar refractivity (Wildman–Crippen MR) is 118 cm³/mol. The van der Waals surface area contributed by atoms with E-state index in [1.165, 1.54) is 10.8 Å². The summed E-state index contributed by atoms with van der Waals surface area (Å²) in [6.07, 6.45) is 2.58. The molecular weight excluding hydrogens is 418 g/mol. The Bertz CT molecular complexity index is 1180. The summed E-state index contributed by atoms with van der Waals surface area (Å²) in [4.78, 5) is 48.3. The number of hydrogen-bond donors (Lipinski definition) is 1. The summed E-state index contributed by atoms with van der Waals surface area (Å²) in [6.45, 7) is 2.58. The van der Waals surface area contributed by atoms with Gasteiger partial charge in [0.25, 0.3) is 5.56 Å². The molecule has 0 atom stereocenters. The Morgan fingerprint density at radius 3 is 2.61 bits per heavy atom. The Morgan fingerprint density at radius 1 is 1.16 bits per heavy atom. The topological polar surface area (TPSA) is 97.2 Å². The number of carbonyl (C=O) groups excluding carboxylic acids is 2. The van der Waals surface area contributed by atoms with E-state index >= 15 is 0 Å². The average Bonchev–Trinajstić information content (AvgIpc) is 2.78. The molecule has 1 saturated heterocycles. The lowest BCUT2D eigenvalue weighted by Gasteiger charge is -2.31. The molecule has 0 radical (unpaired) electrons. The maximum Gasteiger partial charge on any atom is 0.261 e. The molecule has 0 spiro atoms. The number of aromatic nitrogens is 3. The number of halogens is 1. The van der Waals surface area contributed by atoms with Gasteiger partial charge in [-0.15, -0.1) is 0 Å². The van der Waals surface area contributed by atoms with Gasteiger partial charge in [-0.05, 0) is 44.0 Å². The molecule has 1 fully saturated rings. The van der Waals surface area contributed by atoms with Crippen LogP contribution >= 0.6 is 11.6 Å². The maximum atomic E-state index is 12.8. The molecule has 4 rings (SSSR count). The van der Waals surface area contributed by atoms with Gasteiger partial charge in [0.1, 0.15) is 18.2 Å². The Kier molecular flexibility index (Phi) is 5.99. The molecular formula is C22H22ClN5O3. The van der Waals surface area contributed by atoms with Crippen LogP contribution in [0, 0.1) is 12.8 Å². The van der Waals surface area contributed by atoms with Gasteiger partial charge in [-0.3, -0.25) is 19.0 Å². The molecule has 0 bridgehead atoms. The van der Waals surface area contributed by atoms with Gasteiger partial charge in [-0.1, -0.05) is 23.7 Å². The molecule has 9 heteroatoms. The molecule has 2 aromatic heterocycles. The van der Waals surface area contributed by atoms with Gasteiger partial charge in [0.2, 0.25) is 11.8 Å². The molecule has 2 amide bonds. The Hall–Kier alpha value is -3.26. The molecule has 3 aromatic rings. The highest BCUT2D eigenvalue weighted by atomic mass is 35.5. The third kappa shape index (κ3) is 4.59. The van der Waals surface area contributed by atoms with Crippen molar-refractivity contribution < 1.29 is 9.59 Å². The summed E-state index contributed by atoms with van der Waals surface area (Å²) >= 11 is 5.81. The van der Waals surface area contributed by atoms with Crippen LogP contribution in [0.15, 0.2) is 47.4 Å². The van der Waals surface area contributed by atoms with Crippen LogP contribution in [-0.2, 0) is 16.1 Å². The number of anilines is 1. The van der Waals surface area contributed by atoms with Crippen LogP contribution in [0.5, 0.6) is 0 Å². The lowest BCUT2D eigenvalue weighted by Crippen LogP contribution is -2.44. The Morgan fingerprint density at radius 2 is 1.90 bits per heavy atom. The second kappa shape index (κ2) is 8.85. The van der Waals surface area contributed by atoms with Gasteiger partial charge in [0.15, 0.2) is 0 Å². The van der Waals surface area contributed by atoms with Crippen LogP contribution in [-0.4, -0.2) is 44.3 Å². The Balaban J connectivity index is 1.37. The predicted octanol–water partition coefficient (Wildman–Crippen LogP) is 2.63. The van der Waals surface area contributed by atoms with Gasteiger partial charge >= 0.3 is 0 Å². The average molecular weight is 440 g/mol. The van der Waals surface area contributed by atoms with Gasteiger partial charge in [-0.2, -0.15) is 0 Å². The molecule has 0 saturated carbocycles. The van der Waals surface area contributed by atoms with Crippen LogP contribution in [0.1, 0.15) is 18.7 Å². The number of nitrogens with one attached hydrogen (secondary N) is 1. The number of nitrogens with zero attached hydrogens (tertiary/aromatic N) is 4. The third-order valence-corrected chi connectivity index (χ3v) is 5.77. The van der Waals surface area contributed by atoms with Crippen LogP contribution in [0.4, 0.5) is 5.82 Å². The van der Waals surface area contributed by atoms with Gasteiger partial charge in [-0.25, -0.2) is 9.97 Å². The number of benzene rings is 1. The summed E-state index contributed by atoms with van der Waals surface area (Å²) in [7, 11) is 0. The van der Waals surface area contributed by atoms with E-state index < -0.39 is 0 Å². The van der Waals surface area contributed by atoms with E-state index in [2.05, 4.69) is 15.3 Å². The fourth-order valence-corrected chi connectivity index (χ4v) is 3.88. The number of carbonyl (C=O) groups is 2. The lowest BCUT2D eigenvalue weighted by molar-refractivity contribution is -0.135. The number of amides is 2. The van der Waals surface area contributed by atoms with E-state index in [4.69, 9.17) is 11.6 Å². The molecule has 1 aromatic carbocycles. The first-order chi connectivity index (χ1) is 14.9. The number of hydrogen-bond acceptors (Lipinski definition) is 5. The van der Waals surface area contributed by atoms with Gasteiger partial charge < -0.3 is 10.2 Å². The largest absolute Gasteiger partial charge is 0.341 e. The van der Waals surface area contributed by atoms with Crippen molar-refractivity contribution >= 4 is 40.1 Å². The second-order valence-corrected chi connectivity index (χ2v) is 8.01. The van der Waals surface area contributed by atoms with E-state index in [1.54, 1.807) is 42.2 Å². The first-order valence-corrected chi connectivity index (χ1v) is 10.5. The number of pyridine rings is 1. The monoisotopic (exact) mass is 439 g/mol. The minimum atomic E-state index is -0.221. The molecule has 1 N–H and O–H groups in total. The first kappa shape index (κ1) is 21.0. The molecule has 1 aliphatic heterocycles. The zero-order valence-corrected chi connectivity index (χ0v) is 17.8. The maximum absolute atomic E-state index is 12.8. The van der Waals surface area contributed by atoms with Crippen molar-refractivity contribution in [3.63, 3.8) is 0 Å². The van der Waals surface area contributed by atoms with Crippen molar-refractivity contribution in [3.05, 3.63) is 63.8 Å². The highest BCUT2D eigenvalue weighted by Gasteiger charge is 2.28. The fourth-order valence-electron chi connectivity index (χ4n) is 3.77.